The molecular formula is C21H19N3OS. The van der Waals surface area contributed by atoms with Gasteiger partial charge in [0.05, 0.1) is 12.2 Å². The number of anilines is 1. The topological polar surface area (TPSA) is 39.3 Å². The second-order valence-corrected chi connectivity index (χ2v) is 7.28. The first kappa shape index (κ1) is 15.6. The normalized spacial score (nSPS) is 19.2. The molecule has 3 aromatic rings. The predicted molar refractivity (Wildman–Crippen MR) is 107 cm³/mol. The van der Waals surface area contributed by atoms with Gasteiger partial charge in [0.15, 0.2) is 5.11 Å². The van der Waals surface area contributed by atoms with Crippen LogP contribution in [0.15, 0.2) is 48.5 Å². The molecular weight excluding hydrogens is 342 g/mol. The predicted octanol–water partition coefficient (Wildman–Crippen LogP) is 3.79. The Morgan fingerprint density at radius 2 is 1.92 bits per heavy atom. The zero-order valence-electron chi connectivity index (χ0n) is 14.5. The second kappa shape index (κ2) is 5.68. The van der Waals surface area contributed by atoms with E-state index in [0.717, 1.165) is 23.2 Å². The average Bonchev–Trinajstić information content (AvgIpc) is 3.15. The van der Waals surface area contributed by atoms with Gasteiger partial charge in [-0.3, -0.25) is 9.69 Å². The summed E-state index contributed by atoms with van der Waals surface area (Å²) in [4.78, 5) is 20.6. The lowest BCUT2D eigenvalue weighted by atomic mass is 9.97. The number of hydrogen-bond donors (Lipinski definition) is 1. The smallest absolute Gasteiger partial charge is 0.256 e. The van der Waals surface area contributed by atoms with E-state index in [9.17, 15) is 4.79 Å². The number of carbonyl (C=O) groups excluding carboxylic acids is 1. The number of aryl methyl sites for hydroxylation is 1. The highest BCUT2D eigenvalue weighted by atomic mass is 32.1. The van der Waals surface area contributed by atoms with Crippen molar-refractivity contribution in [2.24, 2.45) is 0 Å². The van der Waals surface area contributed by atoms with E-state index in [2.05, 4.69) is 35.0 Å². The highest BCUT2D eigenvalue weighted by Crippen LogP contribution is 2.37. The molecule has 1 amide bonds. The lowest BCUT2D eigenvalue weighted by molar-refractivity contribution is -0.120. The maximum atomic E-state index is 13.3. The van der Waals surface area contributed by atoms with Crippen LogP contribution in [0.4, 0.5) is 5.69 Å². The third-order valence-electron chi connectivity index (χ3n) is 5.56. The van der Waals surface area contributed by atoms with Crippen LogP contribution < -0.4 is 4.90 Å². The van der Waals surface area contributed by atoms with Crippen molar-refractivity contribution < 1.29 is 4.79 Å². The zero-order valence-corrected chi connectivity index (χ0v) is 15.3. The van der Waals surface area contributed by atoms with Crippen LogP contribution >= 0.6 is 12.2 Å². The standard InChI is InChI=1S/C21H19N3OS/c1-2-13-7-3-6-10-18(13)24-20(25)19-11-15-14-8-4-5-9-16(14)22-17(15)12-23(19)21(24)26/h3-10,19,22H,2,11-12H2,1H3/t19-/m0/s1. The van der Waals surface area contributed by atoms with Gasteiger partial charge in [0.25, 0.3) is 5.91 Å². The Morgan fingerprint density at radius 1 is 1.15 bits per heavy atom. The van der Waals surface area contributed by atoms with Crippen molar-refractivity contribution in [2.75, 3.05) is 4.90 Å². The van der Waals surface area contributed by atoms with E-state index in [1.807, 2.05) is 30.3 Å². The third-order valence-corrected chi connectivity index (χ3v) is 5.98. The van der Waals surface area contributed by atoms with E-state index >= 15 is 0 Å². The molecule has 0 spiro atoms. The molecule has 1 aromatic heterocycles. The van der Waals surface area contributed by atoms with Crippen LogP contribution in [-0.2, 0) is 24.2 Å². The number of hydrogen-bond acceptors (Lipinski definition) is 2. The molecule has 4 nitrogen and oxygen atoms in total. The average molecular weight is 361 g/mol. The van der Waals surface area contributed by atoms with Gasteiger partial charge in [-0.2, -0.15) is 0 Å². The molecule has 0 saturated carbocycles. The van der Waals surface area contributed by atoms with Gasteiger partial charge in [-0.1, -0.05) is 43.3 Å². The lowest BCUT2D eigenvalue weighted by Crippen LogP contribution is -2.39. The van der Waals surface area contributed by atoms with Gasteiger partial charge in [-0.05, 0) is 41.9 Å². The summed E-state index contributed by atoms with van der Waals surface area (Å²) < 4.78 is 0. The van der Waals surface area contributed by atoms with E-state index < -0.39 is 0 Å². The molecule has 0 aliphatic carbocycles. The van der Waals surface area contributed by atoms with Crippen LogP contribution in [0.25, 0.3) is 10.9 Å². The first-order chi connectivity index (χ1) is 12.7. The number of para-hydroxylation sites is 2. The maximum absolute atomic E-state index is 13.3. The molecule has 26 heavy (non-hydrogen) atoms. The summed E-state index contributed by atoms with van der Waals surface area (Å²) >= 11 is 5.73. The molecule has 5 rings (SSSR count). The zero-order chi connectivity index (χ0) is 17.8. The van der Waals surface area contributed by atoms with E-state index in [1.165, 1.54) is 16.6 Å². The van der Waals surface area contributed by atoms with Crippen LogP contribution in [0.3, 0.4) is 0 Å². The molecule has 0 bridgehead atoms. The SMILES string of the molecule is CCc1ccccc1N1C(=O)[C@@H]2Cc3c([nH]c4ccccc34)CN2C1=S. The van der Waals surface area contributed by atoms with Gasteiger partial charge in [-0.25, -0.2) is 0 Å². The quantitative estimate of drug-likeness (QED) is 0.706. The summed E-state index contributed by atoms with van der Waals surface area (Å²) in [7, 11) is 0. The number of nitrogens with zero attached hydrogens (tertiary/aromatic N) is 2. The van der Waals surface area contributed by atoms with Crippen LogP contribution in [0.2, 0.25) is 0 Å². The summed E-state index contributed by atoms with van der Waals surface area (Å²) in [6, 6.07) is 16.1. The fraction of sp³-hybridized carbons (Fsp3) is 0.238. The fourth-order valence-electron chi connectivity index (χ4n) is 4.25. The molecule has 1 saturated heterocycles. The number of nitrogens with one attached hydrogen (secondary N) is 1. The van der Waals surface area contributed by atoms with Crippen molar-refractivity contribution in [3.8, 4) is 0 Å². The maximum Gasteiger partial charge on any atom is 0.256 e. The monoisotopic (exact) mass is 361 g/mol. The molecule has 5 heteroatoms. The number of aromatic nitrogens is 1. The van der Waals surface area contributed by atoms with Crippen molar-refractivity contribution in [1.82, 2.24) is 9.88 Å². The van der Waals surface area contributed by atoms with Crippen molar-refractivity contribution >= 4 is 39.8 Å². The first-order valence-corrected chi connectivity index (χ1v) is 9.40. The second-order valence-electron chi connectivity index (χ2n) is 6.91. The number of thiocarbonyl (C=S) groups is 1. The number of benzene rings is 2. The number of aromatic amines is 1. The number of amides is 1. The molecule has 130 valence electrons. The summed E-state index contributed by atoms with van der Waals surface area (Å²) in [5, 5.41) is 1.83. The summed E-state index contributed by atoms with van der Waals surface area (Å²) in [6.45, 7) is 2.76. The Balaban J connectivity index is 1.57. The minimum Gasteiger partial charge on any atom is -0.357 e. The minimum atomic E-state index is -0.209. The molecule has 1 fully saturated rings. The van der Waals surface area contributed by atoms with E-state index in [4.69, 9.17) is 12.2 Å². The number of fused-ring (bicyclic) bond motifs is 4. The van der Waals surface area contributed by atoms with Crippen LogP contribution in [0, 0.1) is 0 Å². The van der Waals surface area contributed by atoms with Gasteiger partial charge in [0.1, 0.15) is 6.04 Å². The molecule has 0 radical (unpaired) electrons. The summed E-state index contributed by atoms with van der Waals surface area (Å²) in [5.41, 5.74) is 5.62. The van der Waals surface area contributed by atoms with E-state index in [1.54, 1.807) is 4.90 Å². The number of rotatable bonds is 2. The Labute approximate surface area is 157 Å². The van der Waals surface area contributed by atoms with Crippen LogP contribution in [0.1, 0.15) is 23.7 Å². The largest absolute Gasteiger partial charge is 0.357 e. The van der Waals surface area contributed by atoms with Crippen molar-refractivity contribution in [3.05, 3.63) is 65.4 Å². The lowest BCUT2D eigenvalue weighted by Gasteiger charge is -2.28. The van der Waals surface area contributed by atoms with Gasteiger partial charge >= 0.3 is 0 Å². The molecule has 2 aliphatic rings. The van der Waals surface area contributed by atoms with Crippen molar-refractivity contribution in [3.63, 3.8) is 0 Å². The highest BCUT2D eigenvalue weighted by molar-refractivity contribution is 7.80. The minimum absolute atomic E-state index is 0.0897. The summed E-state index contributed by atoms with van der Waals surface area (Å²) in [6.07, 6.45) is 1.57. The van der Waals surface area contributed by atoms with Crippen LogP contribution in [0.5, 0.6) is 0 Å². The summed E-state index contributed by atoms with van der Waals surface area (Å²) in [5.74, 6) is 0.0897. The number of carbonyl (C=O) groups is 1. The van der Waals surface area contributed by atoms with Gasteiger partial charge in [0.2, 0.25) is 0 Å². The van der Waals surface area contributed by atoms with Crippen molar-refractivity contribution in [2.45, 2.75) is 32.4 Å². The van der Waals surface area contributed by atoms with Gasteiger partial charge < -0.3 is 9.88 Å². The third kappa shape index (κ3) is 2.07. The Bertz CT molecular complexity index is 1050. The van der Waals surface area contributed by atoms with E-state index in [0.29, 0.717) is 18.1 Å². The van der Waals surface area contributed by atoms with E-state index in [-0.39, 0.29) is 11.9 Å². The van der Waals surface area contributed by atoms with Crippen LogP contribution in [-0.4, -0.2) is 26.9 Å². The number of H-pyrrole nitrogens is 1. The molecule has 2 aromatic carbocycles. The van der Waals surface area contributed by atoms with Gasteiger partial charge in [0, 0.05) is 23.0 Å². The Hall–Kier alpha value is -2.66. The molecule has 0 unspecified atom stereocenters. The Kier molecular flexibility index (Phi) is 3.40. The van der Waals surface area contributed by atoms with Gasteiger partial charge in [-0.15, -0.1) is 0 Å². The molecule has 3 heterocycles. The first-order valence-electron chi connectivity index (χ1n) is 9.00. The van der Waals surface area contributed by atoms with Crippen molar-refractivity contribution in [1.29, 1.82) is 0 Å². The molecule has 2 aliphatic heterocycles. The highest BCUT2D eigenvalue weighted by Gasteiger charge is 2.46. The Morgan fingerprint density at radius 3 is 2.77 bits per heavy atom. The molecule has 1 atom stereocenters. The fourth-order valence-corrected chi connectivity index (χ4v) is 4.63. The molecule has 1 N–H and O–H groups in total.